The number of benzene rings is 2. The lowest BCUT2D eigenvalue weighted by atomic mass is 9.75. The minimum atomic E-state index is -0.0131. The highest BCUT2D eigenvalue weighted by molar-refractivity contribution is 14.1. The molecule has 2 aromatic carbocycles. The topological polar surface area (TPSA) is 104 Å². The largest absolute Gasteiger partial charge is 0.397 e. The standard InChI is InChI=1S/C19H23IN4/c1-2-9-7-19(12-5-17(23)15(21)3-10(9)12)8-14(20)11-4-16(22)18(24)6-13(11)19/h3-6,9,14H,2,7-8,21-24H2,1H3. The quantitative estimate of drug-likeness (QED) is 0.309. The van der Waals surface area contributed by atoms with Crippen molar-refractivity contribution in [2.75, 3.05) is 22.9 Å². The second kappa shape index (κ2) is 5.18. The fourth-order valence-corrected chi connectivity index (χ4v) is 5.97. The van der Waals surface area contributed by atoms with E-state index in [0.29, 0.717) is 32.6 Å². The fraction of sp³-hybridized carbons (Fsp3) is 0.368. The molecule has 24 heavy (non-hydrogen) atoms. The molecule has 0 radical (unpaired) electrons. The van der Waals surface area contributed by atoms with Crippen molar-refractivity contribution >= 4 is 45.3 Å². The molecule has 0 heterocycles. The first-order valence-corrected chi connectivity index (χ1v) is 9.64. The Labute approximate surface area is 156 Å². The summed E-state index contributed by atoms with van der Waals surface area (Å²) < 4.78 is 0.433. The number of hydrogen-bond acceptors (Lipinski definition) is 4. The highest BCUT2D eigenvalue weighted by Gasteiger charge is 2.51. The summed E-state index contributed by atoms with van der Waals surface area (Å²) in [5.74, 6) is 0.510. The summed E-state index contributed by atoms with van der Waals surface area (Å²) in [4.78, 5) is 0. The number of rotatable bonds is 1. The van der Waals surface area contributed by atoms with Gasteiger partial charge in [0.25, 0.3) is 0 Å². The van der Waals surface area contributed by atoms with Gasteiger partial charge < -0.3 is 22.9 Å². The summed E-state index contributed by atoms with van der Waals surface area (Å²) in [5, 5.41) is 0. The molecule has 0 aliphatic heterocycles. The Morgan fingerprint density at radius 1 is 0.875 bits per heavy atom. The molecule has 0 amide bonds. The van der Waals surface area contributed by atoms with Crippen LogP contribution in [0, 0.1) is 0 Å². The van der Waals surface area contributed by atoms with Crippen LogP contribution in [0.2, 0.25) is 0 Å². The molecule has 4 rings (SSSR count). The molecule has 8 N–H and O–H groups in total. The maximum absolute atomic E-state index is 6.17. The Morgan fingerprint density at radius 2 is 1.38 bits per heavy atom. The molecule has 0 aromatic heterocycles. The number of alkyl halides is 1. The van der Waals surface area contributed by atoms with Gasteiger partial charge in [-0.2, -0.15) is 0 Å². The minimum absolute atomic E-state index is 0.0131. The maximum atomic E-state index is 6.17. The third kappa shape index (κ3) is 1.96. The molecule has 0 fully saturated rings. The van der Waals surface area contributed by atoms with Gasteiger partial charge in [-0.15, -0.1) is 0 Å². The van der Waals surface area contributed by atoms with Crippen LogP contribution >= 0.6 is 22.6 Å². The van der Waals surface area contributed by atoms with Crippen LogP contribution < -0.4 is 22.9 Å². The highest BCUT2D eigenvalue weighted by atomic mass is 127. The van der Waals surface area contributed by atoms with Crippen LogP contribution in [0.25, 0.3) is 0 Å². The third-order valence-corrected chi connectivity index (χ3v) is 7.05. The third-order valence-electron chi connectivity index (χ3n) is 5.93. The van der Waals surface area contributed by atoms with Crippen molar-refractivity contribution in [1.29, 1.82) is 0 Å². The van der Waals surface area contributed by atoms with Crippen LogP contribution in [-0.2, 0) is 5.41 Å². The Kier molecular flexibility index (Phi) is 3.43. The van der Waals surface area contributed by atoms with E-state index in [9.17, 15) is 0 Å². The first kappa shape index (κ1) is 15.9. The normalized spacial score (nSPS) is 27.4. The van der Waals surface area contributed by atoms with Gasteiger partial charge in [-0.05, 0) is 71.7 Å². The van der Waals surface area contributed by atoms with Gasteiger partial charge in [0.05, 0.1) is 22.7 Å². The van der Waals surface area contributed by atoms with Gasteiger partial charge in [0.15, 0.2) is 0 Å². The van der Waals surface area contributed by atoms with E-state index in [1.165, 1.54) is 22.3 Å². The Bertz CT molecular complexity index is 848. The van der Waals surface area contributed by atoms with E-state index < -0.39 is 0 Å². The van der Waals surface area contributed by atoms with Crippen molar-refractivity contribution in [1.82, 2.24) is 0 Å². The predicted octanol–water partition coefficient (Wildman–Crippen LogP) is 4.08. The zero-order chi connectivity index (χ0) is 17.2. The van der Waals surface area contributed by atoms with Crippen molar-refractivity contribution < 1.29 is 0 Å². The van der Waals surface area contributed by atoms with Crippen molar-refractivity contribution in [3.05, 3.63) is 46.5 Å². The molecular weight excluding hydrogens is 411 g/mol. The highest BCUT2D eigenvalue weighted by Crippen LogP contribution is 2.62. The van der Waals surface area contributed by atoms with Gasteiger partial charge in [0.2, 0.25) is 0 Å². The summed E-state index contributed by atoms with van der Waals surface area (Å²) in [7, 11) is 0. The second-order valence-corrected chi connectivity index (χ2v) is 8.70. The number of hydrogen-bond donors (Lipinski definition) is 4. The first-order valence-electron chi connectivity index (χ1n) is 8.40. The van der Waals surface area contributed by atoms with Crippen molar-refractivity contribution in [3.63, 3.8) is 0 Å². The van der Waals surface area contributed by atoms with E-state index in [-0.39, 0.29) is 5.41 Å². The molecule has 0 saturated heterocycles. The van der Waals surface area contributed by atoms with Gasteiger partial charge >= 0.3 is 0 Å². The van der Waals surface area contributed by atoms with Crippen molar-refractivity contribution in [3.8, 4) is 0 Å². The number of nitrogens with two attached hydrogens (primary N) is 4. The summed E-state index contributed by atoms with van der Waals surface area (Å²) in [6, 6.07) is 8.35. The number of nitrogen functional groups attached to an aromatic ring is 4. The van der Waals surface area contributed by atoms with E-state index in [4.69, 9.17) is 22.9 Å². The van der Waals surface area contributed by atoms with Gasteiger partial charge in [-0.1, -0.05) is 29.5 Å². The van der Waals surface area contributed by atoms with Crippen LogP contribution in [0.1, 0.15) is 58.3 Å². The van der Waals surface area contributed by atoms with E-state index in [2.05, 4.69) is 53.8 Å². The molecule has 2 aliphatic rings. The van der Waals surface area contributed by atoms with Gasteiger partial charge in [0.1, 0.15) is 0 Å². The molecule has 2 aliphatic carbocycles. The molecule has 0 bridgehead atoms. The van der Waals surface area contributed by atoms with Crippen LogP contribution in [0.3, 0.4) is 0 Å². The second-order valence-electron chi connectivity index (χ2n) is 7.20. The fourth-order valence-electron chi connectivity index (χ4n) is 4.71. The van der Waals surface area contributed by atoms with E-state index >= 15 is 0 Å². The monoisotopic (exact) mass is 434 g/mol. The Morgan fingerprint density at radius 3 is 1.96 bits per heavy atom. The Hall–Kier alpha value is -1.63. The minimum Gasteiger partial charge on any atom is -0.397 e. The van der Waals surface area contributed by atoms with E-state index in [1.807, 2.05) is 0 Å². The molecule has 3 atom stereocenters. The van der Waals surface area contributed by atoms with Crippen molar-refractivity contribution in [2.24, 2.45) is 0 Å². The lowest BCUT2D eigenvalue weighted by molar-refractivity contribution is 0.461. The van der Waals surface area contributed by atoms with Crippen LogP contribution in [-0.4, -0.2) is 0 Å². The van der Waals surface area contributed by atoms with Gasteiger partial charge in [-0.3, -0.25) is 0 Å². The van der Waals surface area contributed by atoms with Gasteiger partial charge in [0, 0.05) is 9.34 Å². The zero-order valence-electron chi connectivity index (χ0n) is 13.8. The molecule has 2 aromatic rings. The summed E-state index contributed by atoms with van der Waals surface area (Å²) >= 11 is 2.53. The maximum Gasteiger partial charge on any atom is 0.0551 e. The number of halogens is 1. The molecule has 0 saturated carbocycles. The average Bonchev–Trinajstić information content (AvgIpc) is 2.97. The molecule has 126 valence electrons. The molecule has 1 spiro atoms. The van der Waals surface area contributed by atoms with E-state index in [1.54, 1.807) is 0 Å². The molecule has 5 heteroatoms. The Balaban J connectivity index is 2.00. The average molecular weight is 434 g/mol. The summed E-state index contributed by atoms with van der Waals surface area (Å²) in [6.07, 6.45) is 3.26. The lowest BCUT2D eigenvalue weighted by Gasteiger charge is -2.28. The molecular formula is C19H23IN4. The van der Waals surface area contributed by atoms with Crippen LogP contribution in [0.4, 0.5) is 22.7 Å². The zero-order valence-corrected chi connectivity index (χ0v) is 15.9. The SMILES string of the molecule is CCC1CC2(CC(I)c3cc(N)c(N)cc32)c2cc(N)c(N)cc21. The summed E-state index contributed by atoms with van der Waals surface area (Å²) in [5.41, 5.74) is 32.5. The van der Waals surface area contributed by atoms with Crippen LogP contribution in [0.15, 0.2) is 24.3 Å². The number of anilines is 4. The smallest absolute Gasteiger partial charge is 0.0551 e. The molecule has 4 nitrogen and oxygen atoms in total. The molecule has 3 unspecified atom stereocenters. The van der Waals surface area contributed by atoms with Crippen LogP contribution in [0.5, 0.6) is 0 Å². The van der Waals surface area contributed by atoms with Gasteiger partial charge in [-0.25, -0.2) is 0 Å². The number of fused-ring (bicyclic) bond motifs is 4. The summed E-state index contributed by atoms with van der Waals surface area (Å²) in [6.45, 7) is 2.24. The first-order chi connectivity index (χ1) is 11.4. The van der Waals surface area contributed by atoms with E-state index in [0.717, 1.165) is 19.3 Å². The lowest BCUT2D eigenvalue weighted by Crippen LogP contribution is -2.22. The predicted molar refractivity (Wildman–Crippen MR) is 110 cm³/mol. The van der Waals surface area contributed by atoms with Crippen molar-refractivity contribution in [2.45, 2.75) is 41.4 Å².